The molecule has 0 fully saturated rings. The average Bonchev–Trinajstić information content (AvgIpc) is 3.21. The van der Waals surface area contributed by atoms with E-state index in [1.165, 1.54) is 11.1 Å². The van der Waals surface area contributed by atoms with E-state index < -0.39 is 0 Å². The molecule has 0 atom stereocenters. The van der Waals surface area contributed by atoms with Crippen molar-refractivity contribution >= 4 is 33.3 Å². The fourth-order valence-electron chi connectivity index (χ4n) is 2.97. The Labute approximate surface area is 161 Å². The Balaban J connectivity index is 1.59. The van der Waals surface area contributed by atoms with E-state index in [1.807, 2.05) is 49.4 Å². The molecule has 0 saturated heterocycles. The van der Waals surface area contributed by atoms with Crippen molar-refractivity contribution in [1.82, 2.24) is 14.8 Å². The summed E-state index contributed by atoms with van der Waals surface area (Å²) >= 11 is 1.55. The highest BCUT2D eigenvalue weighted by molar-refractivity contribution is 7.20. The van der Waals surface area contributed by atoms with Crippen LogP contribution in [0.15, 0.2) is 48.5 Å². The number of hydrogen-bond donors (Lipinski definition) is 1. The molecule has 0 saturated carbocycles. The standard InChI is InChI=1S/C21H20N4OS/c1-13-8-9-16(10-14(13)2)12-20(26)23-19-11-15(3)24-25(19)21-22-17-6-4-5-7-18(17)27-21/h4-11H,12H2,1-3H3,(H,23,26). The maximum absolute atomic E-state index is 12.6. The smallest absolute Gasteiger partial charge is 0.229 e. The fraction of sp³-hybridized carbons (Fsp3) is 0.190. The first-order chi connectivity index (χ1) is 13.0. The molecule has 1 amide bonds. The summed E-state index contributed by atoms with van der Waals surface area (Å²) in [5.41, 5.74) is 5.17. The lowest BCUT2D eigenvalue weighted by Gasteiger charge is -2.08. The topological polar surface area (TPSA) is 59.8 Å². The summed E-state index contributed by atoms with van der Waals surface area (Å²) in [7, 11) is 0. The molecule has 6 heteroatoms. The number of carbonyl (C=O) groups excluding carboxylic acids is 1. The molecule has 0 unspecified atom stereocenters. The van der Waals surface area contributed by atoms with Gasteiger partial charge in [0.25, 0.3) is 0 Å². The molecule has 2 aromatic carbocycles. The van der Waals surface area contributed by atoms with E-state index in [4.69, 9.17) is 0 Å². The van der Waals surface area contributed by atoms with Crippen LogP contribution >= 0.6 is 11.3 Å². The molecular formula is C21H20N4OS. The van der Waals surface area contributed by atoms with Gasteiger partial charge in [-0.15, -0.1) is 0 Å². The van der Waals surface area contributed by atoms with Crippen molar-refractivity contribution in [3.8, 4) is 5.13 Å². The molecule has 0 spiro atoms. The summed E-state index contributed by atoms with van der Waals surface area (Å²) in [5.74, 6) is 0.570. The minimum Gasteiger partial charge on any atom is -0.310 e. The lowest BCUT2D eigenvalue weighted by Crippen LogP contribution is -2.17. The molecule has 0 radical (unpaired) electrons. The van der Waals surface area contributed by atoms with Crippen LogP contribution in [0, 0.1) is 20.8 Å². The number of benzene rings is 2. The number of aromatic nitrogens is 3. The second kappa shape index (κ2) is 6.96. The molecule has 2 aromatic heterocycles. The molecule has 1 N–H and O–H groups in total. The Morgan fingerprint density at radius 3 is 2.67 bits per heavy atom. The Hall–Kier alpha value is -2.99. The molecule has 2 heterocycles. The van der Waals surface area contributed by atoms with Crippen molar-refractivity contribution in [3.63, 3.8) is 0 Å². The van der Waals surface area contributed by atoms with Crippen molar-refractivity contribution < 1.29 is 4.79 Å². The summed E-state index contributed by atoms with van der Waals surface area (Å²) in [5, 5.41) is 8.24. The number of amides is 1. The molecule has 0 aliphatic heterocycles. The largest absolute Gasteiger partial charge is 0.310 e. The number of rotatable bonds is 4. The lowest BCUT2D eigenvalue weighted by molar-refractivity contribution is -0.115. The summed E-state index contributed by atoms with van der Waals surface area (Å²) in [6.07, 6.45) is 0.325. The van der Waals surface area contributed by atoms with Gasteiger partial charge in [-0.2, -0.15) is 9.78 Å². The highest BCUT2D eigenvalue weighted by Gasteiger charge is 2.15. The van der Waals surface area contributed by atoms with Crippen LogP contribution in [0.4, 0.5) is 5.82 Å². The minimum absolute atomic E-state index is 0.0690. The van der Waals surface area contributed by atoms with E-state index in [0.29, 0.717) is 12.2 Å². The molecule has 136 valence electrons. The summed E-state index contributed by atoms with van der Waals surface area (Å²) in [6, 6.07) is 15.9. The van der Waals surface area contributed by atoms with Gasteiger partial charge in [0.1, 0.15) is 5.82 Å². The number of hydrogen-bond acceptors (Lipinski definition) is 4. The predicted molar refractivity (Wildman–Crippen MR) is 110 cm³/mol. The van der Waals surface area contributed by atoms with Crippen molar-refractivity contribution in [3.05, 3.63) is 70.9 Å². The van der Waals surface area contributed by atoms with Gasteiger partial charge in [-0.25, -0.2) is 4.98 Å². The first-order valence-corrected chi connectivity index (χ1v) is 9.60. The molecule has 0 bridgehead atoms. The Kier molecular flexibility index (Phi) is 4.49. The predicted octanol–water partition coefficient (Wildman–Crippen LogP) is 4.59. The van der Waals surface area contributed by atoms with Gasteiger partial charge in [0.05, 0.1) is 22.3 Å². The van der Waals surface area contributed by atoms with E-state index in [9.17, 15) is 4.79 Å². The third-order valence-electron chi connectivity index (χ3n) is 4.50. The maximum Gasteiger partial charge on any atom is 0.229 e. The molecule has 5 nitrogen and oxygen atoms in total. The van der Waals surface area contributed by atoms with Crippen molar-refractivity contribution in [2.45, 2.75) is 27.2 Å². The van der Waals surface area contributed by atoms with E-state index in [-0.39, 0.29) is 5.91 Å². The van der Waals surface area contributed by atoms with Crippen molar-refractivity contribution in [2.75, 3.05) is 5.32 Å². The fourth-order valence-corrected chi connectivity index (χ4v) is 3.90. The van der Waals surface area contributed by atoms with Gasteiger partial charge in [-0.05, 0) is 49.6 Å². The zero-order chi connectivity index (χ0) is 19.0. The zero-order valence-corrected chi connectivity index (χ0v) is 16.3. The van der Waals surface area contributed by atoms with E-state index in [2.05, 4.69) is 35.3 Å². The average molecular weight is 376 g/mol. The first kappa shape index (κ1) is 17.4. The number of aryl methyl sites for hydroxylation is 3. The van der Waals surface area contributed by atoms with E-state index in [1.54, 1.807) is 16.0 Å². The minimum atomic E-state index is -0.0690. The third kappa shape index (κ3) is 3.61. The van der Waals surface area contributed by atoms with Crippen LogP contribution < -0.4 is 5.32 Å². The van der Waals surface area contributed by atoms with Gasteiger partial charge < -0.3 is 5.32 Å². The van der Waals surface area contributed by atoms with Crippen molar-refractivity contribution in [2.24, 2.45) is 0 Å². The summed E-state index contributed by atoms with van der Waals surface area (Å²) in [6.45, 7) is 6.03. The maximum atomic E-state index is 12.6. The van der Waals surface area contributed by atoms with Gasteiger partial charge >= 0.3 is 0 Å². The van der Waals surface area contributed by atoms with Crippen LogP contribution in [0.3, 0.4) is 0 Å². The Morgan fingerprint density at radius 2 is 1.89 bits per heavy atom. The van der Waals surface area contributed by atoms with Crippen LogP contribution in [0.25, 0.3) is 15.3 Å². The van der Waals surface area contributed by atoms with Gasteiger partial charge in [0, 0.05) is 6.07 Å². The zero-order valence-electron chi connectivity index (χ0n) is 15.5. The quantitative estimate of drug-likeness (QED) is 0.567. The van der Waals surface area contributed by atoms with Gasteiger partial charge in [0.15, 0.2) is 0 Å². The number of nitrogens with zero attached hydrogens (tertiary/aromatic N) is 3. The Bertz CT molecular complexity index is 1110. The van der Waals surface area contributed by atoms with Crippen LogP contribution in [-0.4, -0.2) is 20.7 Å². The number of para-hydroxylation sites is 1. The van der Waals surface area contributed by atoms with Gasteiger partial charge in [-0.1, -0.05) is 41.7 Å². The molecule has 0 aliphatic carbocycles. The number of nitrogens with one attached hydrogen (secondary N) is 1. The van der Waals surface area contributed by atoms with E-state index >= 15 is 0 Å². The van der Waals surface area contributed by atoms with E-state index in [0.717, 1.165) is 26.6 Å². The number of carbonyl (C=O) groups is 1. The van der Waals surface area contributed by atoms with Gasteiger partial charge in [-0.3, -0.25) is 4.79 Å². The monoisotopic (exact) mass is 376 g/mol. The second-order valence-electron chi connectivity index (χ2n) is 6.69. The highest BCUT2D eigenvalue weighted by Crippen LogP contribution is 2.27. The SMILES string of the molecule is Cc1cc(NC(=O)Cc2ccc(C)c(C)c2)n(-c2nc3ccccc3s2)n1. The summed E-state index contributed by atoms with van der Waals surface area (Å²) in [4.78, 5) is 17.2. The van der Waals surface area contributed by atoms with Crippen LogP contribution in [-0.2, 0) is 11.2 Å². The van der Waals surface area contributed by atoms with Crippen LogP contribution in [0.2, 0.25) is 0 Å². The molecule has 4 rings (SSSR count). The first-order valence-electron chi connectivity index (χ1n) is 8.78. The van der Waals surface area contributed by atoms with Crippen LogP contribution in [0.5, 0.6) is 0 Å². The molecular weight excluding hydrogens is 356 g/mol. The molecule has 0 aliphatic rings. The lowest BCUT2D eigenvalue weighted by atomic mass is 10.0. The van der Waals surface area contributed by atoms with Gasteiger partial charge in [0.2, 0.25) is 11.0 Å². The normalized spacial score (nSPS) is 11.1. The second-order valence-corrected chi connectivity index (χ2v) is 7.70. The third-order valence-corrected chi connectivity index (χ3v) is 5.51. The van der Waals surface area contributed by atoms with Crippen LogP contribution in [0.1, 0.15) is 22.4 Å². The number of fused-ring (bicyclic) bond motifs is 1. The summed E-state index contributed by atoms with van der Waals surface area (Å²) < 4.78 is 2.80. The number of anilines is 1. The van der Waals surface area contributed by atoms with Crippen molar-refractivity contribution in [1.29, 1.82) is 0 Å². The molecule has 27 heavy (non-hydrogen) atoms. The molecule has 4 aromatic rings. The number of thiazole rings is 1. The Morgan fingerprint density at radius 1 is 1.07 bits per heavy atom. The highest BCUT2D eigenvalue weighted by atomic mass is 32.1.